The Labute approximate surface area is 133 Å². The minimum Gasteiger partial charge on any atom is -0.349 e. The Morgan fingerprint density at radius 2 is 2.14 bits per heavy atom. The molecule has 0 aliphatic carbocycles. The molecule has 0 unspecified atom stereocenters. The number of piperidine rings is 1. The predicted octanol–water partition coefficient (Wildman–Crippen LogP) is 3.28. The first-order valence-corrected chi connectivity index (χ1v) is 8.45. The third-order valence-corrected chi connectivity index (χ3v) is 4.68. The summed E-state index contributed by atoms with van der Waals surface area (Å²) < 4.78 is 13.2. The molecule has 1 saturated heterocycles. The van der Waals surface area contributed by atoms with Crippen molar-refractivity contribution < 1.29 is 9.18 Å². The number of benzene rings is 1. The van der Waals surface area contributed by atoms with Crippen molar-refractivity contribution in [1.29, 1.82) is 0 Å². The van der Waals surface area contributed by atoms with Gasteiger partial charge in [0.1, 0.15) is 5.82 Å². The Hall–Kier alpha value is -1.72. The zero-order valence-electron chi connectivity index (χ0n) is 12.3. The second-order valence-corrected chi connectivity index (χ2v) is 6.45. The number of nitrogens with zero attached hydrogens (tertiary/aromatic N) is 1. The quantitative estimate of drug-likeness (QED) is 0.938. The van der Waals surface area contributed by atoms with Crippen LogP contribution in [-0.2, 0) is 6.54 Å². The number of likely N-dealkylation sites (tertiary alicyclic amines) is 1. The molecule has 1 aromatic heterocycles. The first-order valence-electron chi connectivity index (χ1n) is 7.50. The maximum Gasteiger partial charge on any atom is 0.252 e. The first kappa shape index (κ1) is 15.2. The molecule has 1 aliphatic heterocycles. The van der Waals surface area contributed by atoms with Crippen LogP contribution in [0.25, 0.3) is 0 Å². The van der Waals surface area contributed by atoms with Gasteiger partial charge in [0.15, 0.2) is 0 Å². The fourth-order valence-electron chi connectivity index (χ4n) is 2.79. The summed E-state index contributed by atoms with van der Waals surface area (Å²) >= 11 is 1.53. The summed E-state index contributed by atoms with van der Waals surface area (Å²) in [4.78, 5) is 14.3. The van der Waals surface area contributed by atoms with E-state index in [2.05, 4.69) is 10.2 Å². The number of carbonyl (C=O) groups excluding carboxylic acids is 1. The molecule has 2 heterocycles. The van der Waals surface area contributed by atoms with Crippen molar-refractivity contribution in [2.45, 2.75) is 25.4 Å². The molecule has 0 atom stereocenters. The lowest BCUT2D eigenvalue weighted by atomic mass is 10.0. The highest BCUT2D eigenvalue weighted by Crippen LogP contribution is 2.15. The molecule has 0 spiro atoms. The zero-order chi connectivity index (χ0) is 15.4. The van der Waals surface area contributed by atoms with Crippen LogP contribution in [0.15, 0.2) is 41.1 Å². The summed E-state index contributed by atoms with van der Waals surface area (Å²) in [6.07, 6.45) is 1.87. The van der Waals surface area contributed by atoms with Gasteiger partial charge in [-0.05, 0) is 42.0 Å². The Morgan fingerprint density at radius 3 is 2.82 bits per heavy atom. The standard InChI is InChI=1S/C17H19FN2OS/c18-15-3-1-2-13(10-15)11-20-7-4-16(5-8-20)19-17(21)14-6-9-22-12-14/h1-3,6,9-10,12,16H,4-5,7-8,11H2,(H,19,21). The Kier molecular flexibility index (Phi) is 4.85. The van der Waals surface area contributed by atoms with Gasteiger partial charge in [-0.25, -0.2) is 4.39 Å². The van der Waals surface area contributed by atoms with Crippen molar-refractivity contribution in [2.75, 3.05) is 13.1 Å². The number of carbonyl (C=O) groups is 1. The van der Waals surface area contributed by atoms with Gasteiger partial charge in [-0.2, -0.15) is 11.3 Å². The van der Waals surface area contributed by atoms with E-state index in [4.69, 9.17) is 0 Å². The number of thiophene rings is 1. The van der Waals surface area contributed by atoms with Crippen LogP contribution in [0.3, 0.4) is 0 Å². The number of nitrogens with one attached hydrogen (secondary N) is 1. The largest absolute Gasteiger partial charge is 0.349 e. The SMILES string of the molecule is O=C(NC1CCN(Cc2cccc(F)c2)CC1)c1ccsc1. The minimum absolute atomic E-state index is 0.0184. The van der Waals surface area contributed by atoms with Crippen LogP contribution in [0, 0.1) is 5.82 Å². The molecular weight excluding hydrogens is 299 g/mol. The molecule has 1 fully saturated rings. The maximum atomic E-state index is 13.2. The highest BCUT2D eigenvalue weighted by Gasteiger charge is 2.21. The minimum atomic E-state index is -0.185. The molecule has 0 saturated carbocycles. The molecule has 22 heavy (non-hydrogen) atoms. The van der Waals surface area contributed by atoms with E-state index in [1.807, 2.05) is 22.9 Å². The highest BCUT2D eigenvalue weighted by atomic mass is 32.1. The van der Waals surface area contributed by atoms with E-state index in [-0.39, 0.29) is 17.8 Å². The number of hydrogen-bond acceptors (Lipinski definition) is 3. The summed E-state index contributed by atoms with van der Waals surface area (Å²) in [5, 5.41) is 6.88. The molecule has 0 bridgehead atoms. The number of halogens is 1. The average molecular weight is 318 g/mol. The van der Waals surface area contributed by atoms with Gasteiger partial charge in [-0.3, -0.25) is 9.69 Å². The number of hydrogen-bond donors (Lipinski definition) is 1. The topological polar surface area (TPSA) is 32.3 Å². The fraction of sp³-hybridized carbons (Fsp3) is 0.353. The van der Waals surface area contributed by atoms with E-state index in [0.29, 0.717) is 0 Å². The highest BCUT2D eigenvalue weighted by molar-refractivity contribution is 7.08. The van der Waals surface area contributed by atoms with Gasteiger partial charge < -0.3 is 5.32 Å². The molecule has 116 valence electrons. The Bertz CT molecular complexity index is 621. The van der Waals surface area contributed by atoms with Crippen LogP contribution in [0.4, 0.5) is 4.39 Å². The van der Waals surface area contributed by atoms with Crippen molar-refractivity contribution in [1.82, 2.24) is 10.2 Å². The monoisotopic (exact) mass is 318 g/mol. The lowest BCUT2D eigenvalue weighted by molar-refractivity contribution is 0.0909. The molecule has 1 N–H and O–H groups in total. The number of rotatable bonds is 4. The van der Waals surface area contributed by atoms with E-state index in [0.717, 1.165) is 43.6 Å². The van der Waals surface area contributed by atoms with Gasteiger partial charge in [-0.1, -0.05) is 12.1 Å². The summed E-state index contributed by atoms with van der Waals surface area (Å²) in [5.41, 5.74) is 1.74. The van der Waals surface area contributed by atoms with Gasteiger partial charge in [0.2, 0.25) is 0 Å². The number of amides is 1. The molecule has 1 amide bonds. The van der Waals surface area contributed by atoms with Crippen molar-refractivity contribution in [3.8, 4) is 0 Å². The summed E-state index contributed by atoms with van der Waals surface area (Å²) in [6, 6.07) is 8.83. The third kappa shape index (κ3) is 3.93. The molecule has 1 aliphatic rings. The van der Waals surface area contributed by atoms with Gasteiger partial charge in [0.25, 0.3) is 5.91 Å². The van der Waals surface area contributed by atoms with E-state index in [9.17, 15) is 9.18 Å². The summed E-state index contributed by atoms with van der Waals surface area (Å²) in [6.45, 7) is 2.61. The normalized spacial score (nSPS) is 16.6. The fourth-order valence-corrected chi connectivity index (χ4v) is 3.43. The summed E-state index contributed by atoms with van der Waals surface area (Å²) in [7, 11) is 0. The van der Waals surface area contributed by atoms with Gasteiger partial charge in [0.05, 0.1) is 0 Å². The third-order valence-electron chi connectivity index (χ3n) is 4.00. The smallest absolute Gasteiger partial charge is 0.252 e. The van der Waals surface area contributed by atoms with Gasteiger partial charge >= 0.3 is 0 Å². The van der Waals surface area contributed by atoms with Crippen LogP contribution >= 0.6 is 11.3 Å². The van der Waals surface area contributed by atoms with Crippen LogP contribution in [0.5, 0.6) is 0 Å². The average Bonchev–Trinajstić information content (AvgIpc) is 3.04. The molecule has 3 rings (SSSR count). The van der Waals surface area contributed by atoms with Crippen LogP contribution < -0.4 is 5.32 Å². The van der Waals surface area contributed by atoms with Crippen molar-refractivity contribution in [3.63, 3.8) is 0 Å². The van der Waals surface area contributed by atoms with Gasteiger partial charge in [0, 0.05) is 36.6 Å². The molecule has 0 radical (unpaired) electrons. The van der Waals surface area contributed by atoms with Gasteiger partial charge in [-0.15, -0.1) is 0 Å². The molecule has 1 aromatic carbocycles. The van der Waals surface area contributed by atoms with Crippen LogP contribution in [0.1, 0.15) is 28.8 Å². The summed E-state index contributed by atoms with van der Waals surface area (Å²) in [5.74, 6) is -0.166. The Balaban J connectivity index is 1.47. The van der Waals surface area contributed by atoms with Crippen molar-refractivity contribution in [2.24, 2.45) is 0 Å². The predicted molar refractivity (Wildman–Crippen MR) is 86.5 cm³/mol. The molecule has 2 aromatic rings. The second-order valence-electron chi connectivity index (χ2n) is 5.67. The lowest BCUT2D eigenvalue weighted by Gasteiger charge is -2.32. The van der Waals surface area contributed by atoms with Crippen molar-refractivity contribution >= 4 is 17.2 Å². The van der Waals surface area contributed by atoms with Crippen LogP contribution in [-0.4, -0.2) is 29.9 Å². The Morgan fingerprint density at radius 1 is 1.32 bits per heavy atom. The van der Waals surface area contributed by atoms with E-state index < -0.39 is 0 Å². The molecular formula is C17H19FN2OS. The molecule has 5 heteroatoms. The van der Waals surface area contributed by atoms with Crippen molar-refractivity contribution in [3.05, 3.63) is 58.0 Å². The molecule has 3 nitrogen and oxygen atoms in total. The first-order chi connectivity index (χ1) is 10.7. The van der Waals surface area contributed by atoms with E-state index in [1.54, 1.807) is 12.1 Å². The maximum absolute atomic E-state index is 13.2. The van der Waals surface area contributed by atoms with Crippen LogP contribution in [0.2, 0.25) is 0 Å². The second kappa shape index (κ2) is 7.03. The van der Waals surface area contributed by atoms with E-state index >= 15 is 0 Å². The lowest BCUT2D eigenvalue weighted by Crippen LogP contribution is -2.44. The zero-order valence-corrected chi connectivity index (χ0v) is 13.1. The van der Waals surface area contributed by atoms with E-state index in [1.165, 1.54) is 17.4 Å².